The molecule has 190 valence electrons. The zero-order valence-electron chi connectivity index (χ0n) is 21.2. The van der Waals surface area contributed by atoms with Gasteiger partial charge >= 0.3 is 0 Å². The fraction of sp³-hybridized carbons (Fsp3) is 0.500. The standard InChI is InChI=1S/C26H36N4O4S/c1-5-28(3)35(32,33)21-8-6-20(7-9-21)18-26(31)30-13-12-22-23(19-30)24(10-11-25(22)34-4)29-16-14-27(2)15-17-29/h6-11H,5,12-19H2,1-4H3. The molecule has 0 aromatic heterocycles. The van der Waals surface area contributed by atoms with E-state index in [1.165, 1.54) is 21.1 Å². The summed E-state index contributed by atoms with van der Waals surface area (Å²) >= 11 is 0. The number of amides is 1. The van der Waals surface area contributed by atoms with Crippen LogP contribution in [-0.4, -0.2) is 88.9 Å². The van der Waals surface area contributed by atoms with E-state index in [4.69, 9.17) is 4.74 Å². The summed E-state index contributed by atoms with van der Waals surface area (Å²) in [6, 6.07) is 10.8. The third-order valence-corrected chi connectivity index (χ3v) is 9.14. The topological polar surface area (TPSA) is 73.4 Å². The van der Waals surface area contributed by atoms with Crippen molar-refractivity contribution in [3.63, 3.8) is 0 Å². The van der Waals surface area contributed by atoms with E-state index in [2.05, 4.69) is 29.0 Å². The number of fused-ring (bicyclic) bond motifs is 1. The minimum Gasteiger partial charge on any atom is -0.496 e. The van der Waals surface area contributed by atoms with Gasteiger partial charge in [0.15, 0.2) is 0 Å². The molecule has 0 N–H and O–H groups in total. The van der Waals surface area contributed by atoms with E-state index in [9.17, 15) is 13.2 Å². The second-order valence-corrected chi connectivity index (χ2v) is 11.4. The van der Waals surface area contributed by atoms with Crippen LogP contribution in [0.1, 0.15) is 23.6 Å². The summed E-state index contributed by atoms with van der Waals surface area (Å²) in [6.45, 7) is 7.36. The Morgan fingerprint density at radius 2 is 1.69 bits per heavy atom. The number of carbonyl (C=O) groups is 1. The van der Waals surface area contributed by atoms with Crippen LogP contribution in [0.3, 0.4) is 0 Å². The average Bonchev–Trinajstić information content (AvgIpc) is 2.88. The van der Waals surface area contributed by atoms with Gasteiger partial charge in [-0.05, 0) is 43.3 Å². The van der Waals surface area contributed by atoms with Gasteiger partial charge in [-0.2, -0.15) is 0 Å². The Labute approximate surface area is 209 Å². The Morgan fingerprint density at radius 3 is 2.31 bits per heavy atom. The maximum atomic E-state index is 13.2. The SMILES string of the molecule is CCN(C)S(=O)(=O)c1ccc(CC(=O)N2CCc3c(OC)ccc(N4CCN(C)CC4)c3C2)cc1. The third kappa shape index (κ3) is 5.32. The van der Waals surface area contributed by atoms with Gasteiger partial charge in [-0.25, -0.2) is 12.7 Å². The molecule has 35 heavy (non-hydrogen) atoms. The first-order chi connectivity index (χ1) is 16.7. The molecular formula is C26H36N4O4S. The van der Waals surface area contributed by atoms with Crippen LogP contribution in [0.2, 0.25) is 0 Å². The highest BCUT2D eigenvalue weighted by atomic mass is 32.2. The highest BCUT2D eigenvalue weighted by molar-refractivity contribution is 7.89. The molecule has 0 spiro atoms. The van der Waals surface area contributed by atoms with Crippen LogP contribution in [0.5, 0.6) is 5.75 Å². The van der Waals surface area contributed by atoms with Gasteiger partial charge in [0.25, 0.3) is 0 Å². The van der Waals surface area contributed by atoms with Crippen LogP contribution in [0.15, 0.2) is 41.3 Å². The van der Waals surface area contributed by atoms with Crippen LogP contribution in [0.25, 0.3) is 0 Å². The normalized spacial score (nSPS) is 16.9. The molecule has 2 heterocycles. The number of piperazine rings is 1. The van der Waals surface area contributed by atoms with Crippen molar-refractivity contribution >= 4 is 21.6 Å². The molecule has 0 aliphatic carbocycles. The molecule has 0 atom stereocenters. The van der Waals surface area contributed by atoms with Crippen molar-refractivity contribution in [2.24, 2.45) is 0 Å². The molecule has 2 aromatic carbocycles. The van der Waals surface area contributed by atoms with Crippen LogP contribution < -0.4 is 9.64 Å². The van der Waals surface area contributed by atoms with E-state index in [0.29, 0.717) is 19.6 Å². The first-order valence-electron chi connectivity index (χ1n) is 12.2. The van der Waals surface area contributed by atoms with E-state index in [-0.39, 0.29) is 17.2 Å². The van der Waals surface area contributed by atoms with Gasteiger partial charge in [-0.15, -0.1) is 0 Å². The number of anilines is 1. The molecular weight excluding hydrogens is 464 g/mol. The number of benzene rings is 2. The number of carbonyl (C=O) groups excluding carboxylic acids is 1. The number of hydrogen-bond donors (Lipinski definition) is 0. The smallest absolute Gasteiger partial charge is 0.242 e. The molecule has 0 radical (unpaired) electrons. The average molecular weight is 501 g/mol. The minimum absolute atomic E-state index is 0.0454. The Hall–Kier alpha value is -2.62. The lowest BCUT2D eigenvalue weighted by Crippen LogP contribution is -2.45. The number of hydrogen-bond acceptors (Lipinski definition) is 6. The quantitative estimate of drug-likeness (QED) is 0.581. The molecule has 2 aliphatic heterocycles. The highest BCUT2D eigenvalue weighted by Gasteiger charge is 2.28. The van der Waals surface area contributed by atoms with E-state index in [1.54, 1.807) is 45.3 Å². The summed E-state index contributed by atoms with van der Waals surface area (Å²) in [5.74, 6) is 0.933. The Morgan fingerprint density at radius 1 is 1.00 bits per heavy atom. The van der Waals surface area contributed by atoms with Crippen molar-refractivity contribution in [2.45, 2.75) is 31.2 Å². The molecule has 4 rings (SSSR count). The van der Waals surface area contributed by atoms with Gasteiger partial charge in [-0.3, -0.25) is 4.79 Å². The summed E-state index contributed by atoms with van der Waals surface area (Å²) in [5, 5.41) is 0. The van der Waals surface area contributed by atoms with E-state index >= 15 is 0 Å². The third-order valence-electron chi connectivity index (χ3n) is 7.19. The number of likely N-dealkylation sites (N-methyl/N-ethyl adjacent to an activating group) is 1. The second-order valence-electron chi connectivity index (χ2n) is 9.34. The molecule has 8 nitrogen and oxygen atoms in total. The van der Waals surface area contributed by atoms with Crippen LogP contribution in [-0.2, 0) is 34.2 Å². The number of ether oxygens (including phenoxy) is 1. The molecule has 9 heteroatoms. The molecule has 2 aliphatic rings. The lowest BCUT2D eigenvalue weighted by Gasteiger charge is -2.38. The molecule has 1 saturated heterocycles. The molecule has 0 saturated carbocycles. The van der Waals surface area contributed by atoms with E-state index in [0.717, 1.165) is 43.9 Å². The predicted molar refractivity (Wildman–Crippen MR) is 137 cm³/mol. The van der Waals surface area contributed by atoms with Crippen molar-refractivity contribution in [1.82, 2.24) is 14.1 Å². The van der Waals surface area contributed by atoms with Crippen molar-refractivity contribution in [3.05, 3.63) is 53.1 Å². The van der Waals surface area contributed by atoms with Gasteiger partial charge in [0.1, 0.15) is 5.75 Å². The Bertz CT molecular complexity index is 1160. The van der Waals surface area contributed by atoms with Crippen molar-refractivity contribution < 1.29 is 17.9 Å². The largest absolute Gasteiger partial charge is 0.496 e. The summed E-state index contributed by atoms with van der Waals surface area (Å²) in [5.41, 5.74) is 4.38. The number of sulfonamides is 1. The first kappa shape index (κ1) is 25.5. The number of nitrogens with zero attached hydrogens (tertiary/aromatic N) is 4. The minimum atomic E-state index is -3.50. The Kier molecular flexibility index (Phi) is 7.68. The Balaban J connectivity index is 1.50. The lowest BCUT2D eigenvalue weighted by atomic mass is 9.95. The van der Waals surface area contributed by atoms with Crippen LogP contribution >= 0.6 is 0 Å². The lowest BCUT2D eigenvalue weighted by molar-refractivity contribution is -0.131. The van der Waals surface area contributed by atoms with E-state index < -0.39 is 10.0 Å². The molecule has 1 fully saturated rings. The monoisotopic (exact) mass is 500 g/mol. The van der Waals surface area contributed by atoms with E-state index in [1.807, 2.05) is 4.90 Å². The van der Waals surface area contributed by atoms with Crippen molar-refractivity contribution in [2.75, 3.05) is 65.4 Å². The zero-order valence-corrected chi connectivity index (χ0v) is 22.0. The van der Waals surface area contributed by atoms with Gasteiger partial charge < -0.3 is 19.4 Å². The fourth-order valence-electron chi connectivity index (χ4n) is 4.79. The van der Waals surface area contributed by atoms with Gasteiger partial charge in [-0.1, -0.05) is 19.1 Å². The number of methoxy groups -OCH3 is 1. The molecule has 2 aromatic rings. The summed E-state index contributed by atoms with van der Waals surface area (Å²) in [6.07, 6.45) is 0.999. The molecule has 0 bridgehead atoms. The molecule has 0 unspecified atom stereocenters. The summed E-state index contributed by atoms with van der Waals surface area (Å²) < 4.78 is 32.0. The fourth-order valence-corrected chi connectivity index (χ4v) is 5.97. The van der Waals surface area contributed by atoms with Gasteiger partial charge in [0.2, 0.25) is 15.9 Å². The van der Waals surface area contributed by atoms with Gasteiger partial charge in [0.05, 0.1) is 18.4 Å². The predicted octanol–water partition coefficient (Wildman–Crippen LogP) is 2.21. The number of rotatable bonds is 7. The first-order valence-corrected chi connectivity index (χ1v) is 13.6. The summed E-state index contributed by atoms with van der Waals surface area (Å²) in [4.78, 5) is 20.2. The summed E-state index contributed by atoms with van der Waals surface area (Å²) in [7, 11) is 1.91. The second kappa shape index (κ2) is 10.6. The van der Waals surface area contributed by atoms with Crippen molar-refractivity contribution in [3.8, 4) is 5.75 Å². The van der Waals surface area contributed by atoms with Gasteiger partial charge in [0, 0.05) is 69.7 Å². The van der Waals surface area contributed by atoms with Crippen molar-refractivity contribution in [1.29, 1.82) is 0 Å². The van der Waals surface area contributed by atoms with Crippen LogP contribution in [0.4, 0.5) is 5.69 Å². The highest BCUT2D eigenvalue weighted by Crippen LogP contribution is 2.36. The van der Waals surface area contributed by atoms with Crippen LogP contribution in [0, 0.1) is 0 Å². The zero-order chi connectivity index (χ0) is 25.2. The maximum Gasteiger partial charge on any atom is 0.242 e. The maximum absolute atomic E-state index is 13.2. The molecule has 1 amide bonds.